The van der Waals surface area contributed by atoms with Crippen LogP contribution in [0.25, 0.3) is 10.6 Å². The average Bonchev–Trinajstić information content (AvgIpc) is 2.82. The number of nitrogens with zero attached hydrogens (tertiary/aromatic N) is 2. The Bertz CT molecular complexity index is 535. The minimum Gasteiger partial charge on any atom is -0.352 e. The lowest BCUT2D eigenvalue weighted by Crippen LogP contribution is -2.21. The first-order valence-corrected chi connectivity index (χ1v) is 6.36. The van der Waals surface area contributed by atoms with Gasteiger partial charge in [0.25, 0.3) is 5.56 Å². The van der Waals surface area contributed by atoms with E-state index in [0.29, 0.717) is 11.6 Å². The molecule has 6 heteroatoms. The zero-order valence-electron chi connectivity index (χ0n) is 9.73. The molecule has 5 nitrogen and oxygen atoms in total. The van der Waals surface area contributed by atoms with E-state index in [4.69, 9.17) is 0 Å². The van der Waals surface area contributed by atoms with E-state index in [0.717, 1.165) is 11.3 Å². The van der Waals surface area contributed by atoms with Crippen molar-refractivity contribution in [2.75, 3.05) is 5.32 Å². The molecule has 0 spiro atoms. The summed E-state index contributed by atoms with van der Waals surface area (Å²) in [5.41, 5.74) is 0.156. The third-order valence-corrected chi connectivity index (χ3v) is 3.32. The van der Waals surface area contributed by atoms with Gasteiger partial charge < -0.3 is 5.32 Å². The Morgan fingerprint density at radius 3 is 2.94 bits per heavy atom. The molecule has 0 radical (unpaired) electrons. The topological polar surface area (TPSA) is 70.7 Å². The summed E-state index contributed by atoms with van der Waals surface area (Å²) in [6, 6.07) is 3.99. The predicted molar refractivity (Wildman–Crippen MR) is 69.3 cm³/mol. The summed E-state index contributed by atoms with van der Waals surface area (Å²) < 4.78 is 0. The van der Waals surface area contributed by atoms with E-state index < -0.39 is 0 Å². The maximum Gasteiger partial charge on any atom is 0.279 e. The molecule has 17 heavy (non-hydrogen) atoms. The van der Waals surface area contributed by atoms with Crippen molar-refractivity contribution in [1.82, 2.24) is 15.2 Å². The fourth-order valence-corrected chi connectivity index (χ4v) is 2.02. The summed E-state index contributed by atoms with van der Waals surface area (Å²) in [6.07, 6.45) is 0.955. The molecular formula is C11H14N4OS. The van der Waals surface area contributed by atoms with Crippen molar-refractivity contribution >= 4 is 17.3 Å². The van der Waals surface area contributed by atoms with Gasteiger partial charge in [-0.3, -0.25) is 9.78 Å². The van der Waals surface area contributed by atoms with Crippen molar-refractivity contribution in [1.29, 1.82) is 0 Å². The quantitative estimate of drug-likeness (QED) is 0.871. The van der Waals surface area contributed by atoms with Gasteiger partial charge in [0.1, 0.15) is 0 Å². The van der Waals surface area contributed by atoms with Crippen molar-refractivity contribution in [3.05, 3.63) is 27.9 Å². The lowest BCUT2D eigenvalue weighted by atomic mass is 10.3. The van der Waals surface area contributed by atoms with E-state index in [1.165, 1.54) is 11.3 Å². The molecule has 1 unspecified atom stereocenters. The standard InChI is InChI=1S/C11H14N4OS/c1-3-7(2)12-11-13-10(16)9(14-15-11)8-5-4-6-17-8/h4-7H,3H2,1-2H3,(H2,12,13,15,16). The van der Waals surface area contributed by atoms with Crippen molar-refractivity contribution in [2.45, 2.75) is 26.3 Å². The highest BCUT2D eigenvalue weighted by atomic mass is 32.1. The second kappa shape index (κ2) is 5.09. The molecule has 0 saturated carbocycles. The molecule has 2 aromatic rings. The molecule has 2 N–H and O–H groups in total. The van der Waals surface area contributed by atoms with Gasteiger partial charge in [-0.2, -0.15) is 0 Å². The van der Waals surface area contributed by atoms with Gasteiger partial charge in [0.15, 0.2) is 5.69 Å². The minimum absolute atomic E-state index is 0.215. The molecule has 0 aromatic carbocycles. The molecule has 2 aromatic heterocycles. The van der Waals surface area contributed by atoms with Crippen molar-refractivity contribution < 1.29 is 0 Å². The zero-order valence-corrected chi connectivity index (χ0v) is 10.5. The smallest absolute Gasteiger partial charge is 0.279 e. The van der Waals surface area contributed by atoms with Crippen LogP contribution in [0.1, 0.15) is 20.3 Å². The number of anilines is 1. The van der Waals surface area contributed by atoms with Crippen molar-refractivity contribution in [3.8, 4) is 10.6 Å². The summed E-state index contributed by atoms with van der Waals surface area (Å²) in [5, 5.41) is 12.9. The summed E-state index contributed by atoms with van der Waals surface area (Å²) in [4.78, 5) is 15.3. The van der Waals surface area contributed by atoms with E-state index in [-0.39, 0.29) is 11.6 Å². The van der Waals surface area contributed by atoms with E-state index in [1.54, 1.807) is 0 Å². The molecule has 0 bridgehead atoms. The molecule has 0 saturated heterocycles. The van der Waals surface area contributed by atoms with Crippen LogP contribution in [-0.4, -0.2) is 21.2 Å². The second-order valence-electron chi connectivity index (χ2n) is 3.78. The Morgan fingerprint density at radius 1 is 1.53 bits per heavy atom. The van der Waals surface area contributed by atoms with E-state index in [1.807, 2.05) is 24.4 Å². The number of aromatic nitrogens is 3. The molecule has 1 atom stereocenters. The normalized spacial score (nSPS) is 12.4. The first-order valence-electron chi connectivity index (χ1n) is 5.48. The number of hydrogen-bond donors (Lipinski definition) is 2. The maximum absolute atomic E-state index is 11.8. The van der Waals surface area contributed by atoms with Crippen LogP contribution < -0.4 is 10.9 Å². The van der Waals surface area contributed by atoms with E-state index in [9.17, 15) is 4.79 Å². The molecular weight excluding hydrogens is 236 g/mol. The van der Waals surface area contributed by atoms with Gasteiger partial charge in [-0.05, 0) is 24.8 Å². The highest BCUT2D eigenvalue weighted by Crippen LogP contribution is 2.18. The largest absolute Gasteiger partial charge is 0.352 e. The van der Waals surface area contributed by atoms with Gasteiger partial charge in [0.05, 0.1) is 4.88 Å². The Morgan fingerprint density at radius 2 is 2.35 bits per heavy atom. The Labute approximate surface area is 103 Å². The number of thiophene rings is 1. The van der Waals surface area contributed by atoms with Gasteiger partial charge >= 0.3 is 0 Å². The second-order valence-corrected chi connectivity index (χ2v) is 4.73. The Balaban J connectivity index is 2.27. The van der Waals surface area contributed by atoms with Crippen LogP contribution in [0.15, 0.2) is 22.3 Å². The Hall–Kier alpha value is -1.69. The number of aromatic amines is 1. The summed E-state index contributed by atoms with van der Waals surface area (Å²) in [7, 11) is 0. The molecule has 0 amide bonds. The lowest BCUT2D eigenvalue weighted by molar-refractivity contribution is 0.745. The maximum atomic E-state index is 11.8. The van der Waals surface area contributed by atoms with Gasteiger partial charge in [0.2, 0.25) is 5.95 Å². The fraction of sp³-hybridized carbons (Fsp3) is 0.364. The third kappa shape index (κ3) is 2.71. The number of nitrogens with one attached hydrogen (secondary N) is 2. The molecule has 0 fully saturated rings. The predicted octanol–water partition coefficient (Wildman–Crippen LogP) is 2.10. The van der Waals surface area contributed by atoms with Crippen LogP contribution >= 0.6 is 11.3 Å². The molecule has 0 aliphatic rings. The first-order chi connectivity index (χ1) is 8.20. The molecule has 90 valence electrons. The minimum atomic E-state index is -0.215. The number of H-pyrrole nitrogens is 1. The highest BCUT2D eigenvalue weighted by molar-refractivity contribution is 7.13. The molecule has 2 rings (SSSR count). The average molecular weight is 250 g/mol. The zero-order chi connectivity index (χ0) is 12.3. The van der Waals surface area contributed by atoms with Gasteiger partial charge in [-0.1, -0.05) is 13.0 Å². The molecule has 2 heterocycles. The van der Waals surface area contributed by atoms with Gasteiger partial charge in [0, 0.05) is 6.04 Å². The number of rotatable bonds is 4. The van der Waals surface area contributed by atoms with Crippen LogP contribution in [-0.2, 0) is 0 Å². The monoisotopic (exact) mass is 250 g/mol. The fourth-order valence-electron chi connectivity index (χ4n) is 1.31. The third-order valence-electron chi connectivity index (χ3n) is 2.45. The van der Waals surface area contributed by atoms with Crippen LogP contribution in [0.3, 0.4) is 0 Å². The van der Waals surface area contributed by atoms with Crippen LogP contribution in [0.4, 0.5) is 5.95 Å². The van der Waals surface area contributed by atoms with E-state index in [2.05, 4.69) is 27.4 Å². The SMILES string of the molecule is CCC(C)Nc1nnc(-c2cccs2)c(=O)[nH]1. The summed E-state index contributed by atoms with van der Waals surface area (Å²) in [5.74, 6) is 0.421. The summed E-state index contributed by atoms with van der Waals surface area (Å²) in [6.45, 7) is 4.08. The molecule has 0 aliphatic heterocycles. The molecule has 0 aliphatic carbocycles. The van der Waals surface area contributed by atoms with Crippen LogP contribution in [0, 0.1) is 0 Å². The highest BCUT2D eigenvalue weighted by Gasteiger charge is 2.09. The number of hydrogen-bond acceptors (Lipinski definition) is 5. The Kier molecular flexibility index (Phi) is 3.53. The van der Waals surface area contributed by atoms with Crippen molar-refractivity contribution in [2.24, 2.45) is 0 Å². The van der Waals surface area contributed by atoms with Crippen molar-refractivity contribution in [3.63, 3.8) is 0 Å². The summed E-state index contributed by atoms with van der Waals surface area (Å²) >= 11 is 1.47. The first kappa shape index (κ1) is 11.8. The van der Waals surface area contributed by atoms with Crippen LogP contribution in [0.2, 0.25) is 0 Å². The lowest BCUT2D eigenvalue weighted by Gasteiger charge is -2.10. The van der Waals surface area contributed by atoms with E-state index >= 15 is 0 Å². The van der Waals surface area contributed by atoms with Gasteiger partial charge in [-0.25, -0.2) is 0 Å². The van der Waals surface area contributed by atoms with Crippen LogP contribution in [0.5, 0.6) is 0 Å². The van der Waals surface area contributed by atoms with Gasteiger partial charge in [-0.15, -0.1) is 21.5 Å².